The van der Waals surface area contributed by atoms with E-state index in [4.69, 9.17) is 33.3 Å². The van der Waals surface area contributed by atoms with Gasteiger partial charge in [0.05, 0.1) is 35.6 Å². The third-order valence-corrected chi connectivity index (χ3v) is 19.4. The highest BCUT2D eigenvalue weighted by atomic mass is 32.2. The second kappa shape index (κ2) is 29.0. The van der Waals surface area contributed by atoms with Crippen LogP contribution < -0.4 is 10.6 Å². The van der Waals surface area contributed by atoms with E-state index in [0.29, 0.717) is 11.1 Å². The Hall–Kier alpha value is -8.19. The lowest BCUT2D eigenvalue weighted by atomic mass is 9.44. The number of aliphatic carboxylic acids is 1. The first kappa shape index (κ1) is 72.2. The molecule has 0 radical (unpaired) electrons. The van der Waals surface area contributed by atoms with Crippen LogP contribution in [0.5, 0.6) is 0 Å². The average Bonchev–Trinajstić information content (AvgIpc) is 0.670. The van der Waals surface area contributed by atoms with E-state index in [0.717, 1.165) is 31.9 Å². The number of rotatable bonds is 19. The fourth-order valence-corrected chi connectivity index (χ4v) is 14.3. The van der Waals surface area contributed by atoms with E-state index in [9.17, 15) is 57.3 Å². The van der Waals surface area contributed by atoms with Crippen LogP contribution in [0.2, 0.25) is 0 Å². The molecule has 4 aliphatic carbocycles. The number of hydrogen-bond donors (Lipinski definition) is 7. The fourth-order valence-electron chi connectivity index (χ4n) is 13.7. The highest BCUT2D eigenvalue weighted by Crippen LogP contribution is 2.64. The van der Waals surface area contributed by atoms with Gasteiger partial charge in [-0.2, -0.15) is 8.42 Å². The molecule has 23 heteroatoms. The lowest BCUT2D eigenvalue weighted by molar-refractivity contribution is -0.346. The maximum absolute atomic E-state index is 15.5. The molecule has 1 saturated heterocycles. The molecule has 5 aliphatic rings. The first-order valence-electron chi connectivity index (χ1n) is 30.6. The molecule has 0 unspecified atom stereocenters. The van der Waals surface area contributed by atoms with Gasteiger partial charge in [0, 0.05) is 43.7 Å². The molecular weight excluding hydrogens is 1220 g/mol. The summed E-state index contributed by atoms with van der Waals surface area (Å²) in [4.78, 5) is 106. The summed E-state index contributed by atoms with van der Waals surface area (Å²) in [5.74, 6) is -10.3. The van der Waals surface area contributed by atoms with E-state index < -0.39 is 146 Å². The Morgan fingerprint density at radius 2 is 1.40 bits per heavy atom. The third kappa shape index (κ3) is 15.9. The monoisotopic (exact) mass is 1300 g/mol. The van der Waals surface area contributed by atoms with E-state index in [1.165, 1.54) is 50.0 Å². The molecule has 2 saturated carbocycles. The van der Waals surface area contributed by atoms with Gasteiger partial charge < -0.3 is 54.7 Å². The number of allylic oxidation sites excluding steroid dienone is 9. The maximum atomic E-state index is 15.5. The summed E-state index contributed by atoms with van der Waals surface area (Å²) in [6.45, 7) is 18.3. The number of carbonyl (C=O) groups is 8. The summed E-state index contributed by atoms with van der Waals surface area (Å²) in [6.07, 6.45) is 3.77. The van der Waals surface area contributed by atoms with Crippen LogP contribution in [0.4, 0.5) is 0 Å². The molecule has 0 aromatic heterocycles. The summed E-state index contributed by atoms with van der Waals surface area (Å²) < 4.78 is 60.8. The molecule has 7 N–H and O–H groups in total. The number of carbonyl (C=O) groups excluding carboxylic acids is 7. The Morgan fingerprint density at radius 1 is 0.796 bits per heavy atom. The number of amides is 2. The quantitative estimate of drug-likeness (QED) is 0.0151. The van der Waals surface area contributed by atoms with Gasteiger partial charge in [0.25, 0.3) is 16.0 Å². The van der Waals surface area contributed by atoms with Gasteiger partial charge in [-0.3, -0.25) is 28.5 Å². The van der Waals surface area contributed by atoms with Gasteiger partial charge in [0.1, 0.15) is 35.7 Å². The molecule has 3 fully saturated rings. The lowest BCUT2D eigenvalue weighted by Gasteiger charge is -2.67. The zero-order valence-corrected chi connectivity index (χ0v) is 54.9. The van der Waals surface area contributed by atoms with Crippen molar-refractivity contribution in [2.75, 3.05) is 12.4 Å². The van der Waals surface area contributed by atoms with Gasteiger partial charge in [-0.15, -0.1) is 0 Å². The summed E-state index contributed by atoms with van der Waals surface area (Å²) in [7, 11) is -4.54. The molecule has 22 nitrogen and oxygen atoms in total. The minimum absolute atomic E-state index is 0.00289. The Labute approximate surface area is 541 Å². The zero-order chi connectivity index (χ0) is 68.8. The van der Waals surface area contributed by atoms with Crippen molar-refractivity contribution in [2.24, 2.45) is 22.2 Å². The molecule has 8 rings (SSSR count). The topological polar surface area (TPSA) is 342 Å². The standard InChI is InChI=1S/C47H51NO14.C23H33NO6S/c1-25-31(60-43(56)36(52)35(28-16-10-7-11-17-28)48-41(54)29-18-12-8-13-19-29)23-47(57)40(61-42(55)30-20-14-9-15-21-30)38-45(6,32(51)22-33-46(38,24-58-33)62-27(3)50)39(53)37(59-26(2)49)34(25)44(47,4)5;1-16(11-12-19-18(3)10-7-13-23(19,4)5)8-6-9-17(2)14-21(25)24-20(22(26)27)15-31(28,29)30/h7-21,31-33,35-38,40,51-52,57H,22-24H2,1-6H3,(H,48,54);6,8-9,11-12,14,20H,7,10,13,15H2,1-5H3,(H,24,25)(H,26,27)(H,28,29,30)/b;9-6+,12-11+,16-8+,17-14-/t31-,32-,33+,35-,36+,37+,38-,40-,45+,46-,47+;20-/m00/s1. The van der Waals surface area contributed by atoms with Crippen molar-refractivity contribution in [2.45, 2.75) is 168 Å². The Bertz CT molecular complexity index is 3670. The van der Waals surface area contributed by atoms with Gasteiger partial charge in [-0.05, 0) is 111 Å². The predicted octanol–water partition coefficient (Wildman–Crippen LogP) is 7.71. The van der Waals surface area contributed by atoms with Crippen LogP contribution >= 0.6 is 0 Å². The van der Waals surface area contributed by atoms with Gasteiger partial charge in [0.2, 0.25) is 5.91 Å². The van der Waals surface area contributed by atoms with E-state index in [1.807, 2.05) is 13.0 Å². The Balaban J connectivity index is 0.000000333. The largest absolute Gasteiger partial charge is 0.480 e. The van der Waals surface area contributed by atoms with Crippen LogP contribution in [0.3, 0.4) is 0 Å². The van der Waals surface area contributed by atoms with Crippen LogP contribution in [-0.4, -0.2) is 147 Å². The van der Waals surface area contributed by atoms with Crippen LogP contribution in [0.25, 0.3) is 0 Å². The molecular formula is C70H84N2O20S. The van der Waals surface area contributed by atoms with E-state index in [2.05, 4.69) is 43.6 Å². The first-order valence-corrected chi connectivity index (χ1v) is 32.2. The third-order valence-electron chi connectivity index (χ3n) is 18.6. The molecule has 3 aromatic carbocycles. The molecule has 3 aromatic rings. The number of ketones is 1. The second-order valence-electron chi connectivity index (χ2n) is 25.9. The SMILES string of the molecule is CC(=O)O[C@H]1C(=O)[C@@]2(C)[C@H]([C@H](OC(=O)c3ccccc3)[C@]3(O)C[C@H](OC(=O)[C@H](O)[C@@H](NC(=O)c4ccccc4)c4ccccc4)C(C)=C1C3(C)C)[C@]1(OC(C)=O)CO[C@@H]1C[C@@H]2O.CC1=C(/C=C/C(C)=C/C=C/C(C)=C\C(=O)N[C@@H](CS(=O)(=O)O)C(=O)O)C(C)(C)CCC1. The number of aliphatic hydroxyl groups is 3. The molecule has 93 heavy (non-hydrogen) atoms. The number of hydrogen-bond acceptors (Lipinski definition) is 18. The fraction of sp³-hybridized carbons (Fsp3) is 0.457. The highest BCUT2D eigenvalue weighted by molar-refractivity contribution is 7.85. The minimum Gasteiger partial charge on any atom is -0.480 e. The number of carboxylic acids is 1. The summed E-state index contributed by atoms with van der Waals surface area (Å²) in [6, 6.07) is 21.2. The van der Waals surface area contributed by atoms with Crippen molar-refractivity contribution < 1.29 is 95.4 Å². The number of nitrogens with one attached hydrogen (secondary N) is 2. The highest BCUT2D eigenvalue weighted by Gasteiger charge is 2.78. The molecule has 12 atom stereocenters. The predicted molar refractivity (Wildman–Crippen MR) is 340 cm³/mol. The van der Waals surface area contributed by atoms with Crippen LogP contribution in [0, 0.1) is 22.2 Å². The Kier molecular flexibility index (Phi) is 22.5. The van der Waals surface area contributed by atoms with Crippen molar-refractivity contribution in [1.29, 1.82) is 0 Å². The van der Waals surface area contributed by atoms with Gasteiger partial charge in [-0.1, -0.05) is 136 Å². The number of carboxylic acid groups (broad SMARTS) is 1. The summed E-state index contributed by atoms with van der Waals surface area (Å²) >= 11 is 0. The van der Waals surface area contributed by atoms with Crippen molar-refractivity contribution in [3.8, 4) is 0 Å². The van der Waals surface area contributed by atoms with Gasteiger partial charge >= 0.3 is 29.8 Å². The van der Waals surface area contributed by atoms with E-state index >= 15 is 4.79 Å². The number of benzene rings is 3. The van der Waals surface area contributed by atoms with Crippen molar-refractivity contribution in [3.05, 3.63) is 178 Å². The zero-order valence-electron chi connectivity index (χ0n) is 54.0. The second-order valence-corrected chi connectivity index (χ2v) is 27.4. The van der Waals surface area contributed by atoms with Crippen molar-refractivity contribution in [3.63, 3.8) is 0 Å². The van der Waals surface area contributed by atoms with E-state index in [-0.39, 0.29) is 40.7 Å². The molecule has 2 amide bonds. The smallest absolute Gasteiger partial charge is 0.338 e. The molecule has 1 aliphatic heterocycles. The average molecular weight is 1310 g/mol. The minimum atomic E-state index is -4.54. The van der Waals surface area contributed by atoms with E-state index in [1.54, 1.807) is 112 Å². The normalized spacial score (nSPS) is 27.6. The van der Waals surface area contributed by atoms with Crippen LogP contribution in [0.15, 0.2) is 161 Å². The van der Waals surface area contributed by atoms with Crippen molar-refractivity contribution >= 4 is 57.6 Å². The van der Waals surface area contributed by atoms with Crippen LogP contribution in [0.1, 0.15) is 141 Å². The summed E-state index contributed by atoms with van der Waals surface area (Å²) in [5, 5.41) is 51.3. The maximum Gasteiger partial charge on any atom is 0.338 e. The number of ether oxygens (including phenoxy) is 5. The number of Topliss-reactive ketones (excluding diaryl/α,β-unsaturated/α-hetero) is 1. The lowest BCUT2D eigenvalue weighted by Crippen LogP contribution is -2.82. The number of fused-ring (bicyclic) bond motifs is 5. The van der Waals surface area contributed by atoms with Gasteiger partial charge in [0.15, 0.2) is 23.6 Å². The van der Waals surface area contributed by atoms with Crippen molar-refractivity contribution in [1.82, 2.24) is 10.6 Å². The molecule has 500 valence electrons. The van der Waals surface area contributed by atoms with Gasteiger partial charge in [-0.25, -0.2) is 14.4 Å². The first-order chi connectivity index (χ1) is 43.5. The summed E-state index contributed by atoms with van der Waals surface area (Å²) in [5.41, 5.74) is -2.46. The molecule has 0 spiro atoms. The number of esters is 4. The molecule has 1 heterocycles. The molecule has 2 bridgehead atoms. The number of aliphatic hydroxyl groups excluding tert-OH is 2. The Morgan fingerprint density at radius 3 is 1.95 bits per heavy atom. The van der Waals surface area contributed by atoms with Crippen LogP contribution in [-0.2, 0) is 62.6 Å².